The third kappa shape index (κ3) is 3.66. The van der Waals surface area contributed by atoms with Crippen LogP contribution in [0.25, 0.3) is 0 Å². The van der Waals surface area contributed by atoms with Crippen molar-refractivity contribution in [1.82, 2.24) is 24.6 Å². The van der Waals surface area contributed by atoms with Gasteiger partial charge in [-0.1, -0.05) is 5.16 Å². The van der Waals surface area contributed by atoms with Gasteiger partial charge in [0.15, 0.2) is 5.82 Å². The van der Waals surface area contributed by atoms with Crippen molar-refractivity contribution in [2.24, 2.45) is 0 Å². The Morgan fingerprint density at radius 1 is 1.57 bits per heavy atom. The number of aromatic nitrogens is 4. The van der Waals surface area contributed by atoms with Crippen molar-refractivity contribution in [2.45, 2.75) is 33.0 Å². The number of imidazole rings is 1. The largest absolute Gasteiger partial charge is 0.377 e. The minimum Gasteiger partial charge on any atom is -0.377 e. The first-order valence-corrected chi connectivity index (χ1v) is 6.72. The SMILES string of the molecule is CCN(Cc1nc(COC)no1)C(=O)C(C)n1ccnc1. The zero-order valence-electron chi connectivity index (χ0n) is 12.4. The van der Waals surface area contributed by atoms with Crippen molar-refractivity contribution in [1.29, 1.82) is 0 Å². The fourth-order valence-electron chi connectivity index (χ4n) is 1.94. The molecule has 0 aliphatic carbocycles. The van der Waals surface area contributed by atoms with E-state index in [-0.39, 0.29) is 25.1 Å². The molecule has 114 valence electrons. The van der Waals surface area contributed by atoms with Gasteiger partial charge in [0.2, 0.25) is 11.8 Å². The summed E-state index contributed by atoms with van der Waals surface area (Å²) in [5.41, 5.74) is 0. The van der Waals surface area contributed by atoms with Crippen LogP contribution in [0.1, 0.15) is 31.6 Å². The maximum Gasteiger partial charge on any atom is 0.246 e. The van der Waals surface area contributed by atoms with Crippen molar-refractivity contribution in [3.63, 3.8) is 0 Å². The summed E-state index contributed by atoms with van der Waals surface area (Å²) >= 11 is 0. The fraction of sp³-hybridized carbons (Fsp3) is 0.538. The molecule has 0 saturated carbocycles. The molecule has 0 aliphatic rings. The molecular weight excluding hydrogens is 274 g/mol. The van der Waals surface area contributed by atoms with Gasteiger partial charge in [-0.15, -0.1) is 0 Å². The topological polar surface area (TPSA) is 86.3 Å². The monoisotopic (exact) mass is 293 g/mol. The van der Waals surface area contributed by atoms with Gasteiger partial charge >= 0.3 is 0 Å². The molecule has 8 nitrogen and oxygen atoms in total. The van der Waals surface area contributed by atoms with E-state index in [9.17, 15) is 4.79 Å². The average molecular weight is 293 g/mol. The zero-order valence-corrected chi connectivity index (χ0v) is 12.4. The fourth-order valence-corrected chi connectivity index (χ4v) is 1.94. The standard InChI is InChI=1S/C13H19N5O3/c1-4-17(7-12-15-11(8-20-3)16-21-12)13(19)10(2)18-6-5-14-9-18/h5-6,9-10H,4,7-8H2,1-3H3. The van der Waals surface area contributed by atoms with E-state index in [2.05, 4.69) is 15.1 Å². The Morgan fingerprint density at radius 2 is 2.38 bits per heavy atom. The van der Waals surface area contributed by atoms with Crippen LogP contribution >= 0.6 is 0 Å². The molecule has 2 aromatic heterocycles. The summed E-state index contributed by atoms with van der Waals surface area (Å²) in [5, 5.41) is 3.78. The van der Waals surface area contributed by atoms with Crippen LogP contribution in [0.2, 0.25) is 0 Å². The maximum absolute atomic E-state index is 12.5. The van der Waals surface area contributed by atoms with Gasteiger partial charge in [-0.05, 0) is 13.8 Å². The molecule has 0 N–H and O–H groups in total. The van der Waals surface area contributed by atoms with E-state index >= 15 is 0 Å². The van der Waals surface area contributed by atoms with Crippen LogP contribution in [0, 0.1) is 0 Å². The maximum atomic E-state index is 12.5. The number of amides is 1. The van der Waals surface area contributed by atoms with Crippen LogP contribution in [0.5, 0.6) is 0 Å². The number of carbonyl (C=O) groups is 1. The predicted octanol–water partition coefficient (Wildman–Crippen LogP) is 1.02. The minimum absolute atomic E-state index is 0.0259. The van der Waals surface area contributed by atoms with E-state index in [1.165, 1.54) is 0 Å². The second-order valence-corrected chi connectivity index (χ2v) is 4.58. The molecule has 2 rings (SSSR count). The zero-order chi connectivity index (χ0) is 15.2. The molecule has 0 fully saturated rings. The van der Waals surface area contributed by atoms with Crippen LogP contribution in [0.3, 0.4) is 0 Å². The van der Waals surface area contributed by atoms with E-state index in [4.69, 9.17) is 9.26 Å². The van der Waals surface area contributed by atoms with Gasteiger partial charge in [0.1, 0.15) is 19.2 Å². The lowest BCUT2D eigenvalue weighted by atomic mass is 10.2. The molecule has 1 unspecified atom stereocenters. The van der Waals surface area contributed by atoms with Gasteiger partial charge in [0.05, 0.1) is 6.33 Å². The normalized spacial score (nSPS) is 12.3. The Labute approximate surface area is 122 Å². The van der Waals surface area contributed by atoms with E-state index in [1.807, 2.05) is 13.8 Å². The van der Waals surface area contributed by atoms with Crippen LogP contribution in [0.4, 0.5) is 0 Å². The summed E-state index contributed by atoms with van der Waals surface area (Å²) in [6.45, 7) is 4.86. The highest BCUT2D eigenvalue weighted by atomic mass is 16.5. The molecule has 0 aromatic carbocycles. The molecule has 8 heteroatoms. The Bertz CT molecular complexity index is 566. The number of nitrogens with zero attached hydrogens (tertiary/aromatic N) is 5. The molecule has 0 bridgehead atoms. The van der Waals surface area contributed by atoms with Crippen LogP contribution in [-0.4, -0.2) is 44.2 Å². The van der Waals surface area contributed by atoms with Crippen molar-refractivity contribution in [3.05, 3.63) is 30.4 Å². The van der Waals surface area contributed by atoms with Gasteiger partial charge in [0, 0.05) is 26.0 Å². The molecule has 2 aromatic rings. The summed E-state index contributed by atoms with van der Waals surface area (Å²) in [5.74, 6) is 0.843. The number of rotatable bonds is 7. The summed E-state index contributed by atoms with van der Waals surface area (Å²) in [4.78, 5) is 22.3. The lowest BCUT2D eigenvalue weighted by Crippen LogP contribution is -2.35. The third-order valence-electron chi connectivity index (χ3n) is 3.13. The second kappa shape index (κ2) is 6.98. The molecule has 1 atom stereocenters. The first-order chi connectivity index (χ1) is 10.2. The first-order valence-electron chi connectivity index (χ1n) is 6.72. The highest BCUT2D eigenvalue weighted by molar-refractivity contribution is 5.79. The summed E-state index contributed by atoms with van der Waals surface area (Å²) in [6.07, 6.45) is 5.04. The van der Waals surface area contributed by atoms with E-state index in [0.717, 1.165) is 0 Å². The van der Waals surface area contributed by atoms with Crippen LogP contribution < -0.4 is 0 Å². The molecule has 0 radical (unpaired) electrons. The Balaban J connectivity index is 2.03. The van der Waals surface area contributed by atoms with Crippen molar-refractivity contribution in [3.8, 4) is 0 Å². The molecule has 0 saturated heterocycles. The van der Waals surface area contributed by atoms with Crippen molar-refractivity contribution >= 4 is 5.91 Å². The van der Waals surface area contributed by atoms with Gasteiger partial charge in [0.25, 0.3) is 0 Å². The third-order valence-corrected chi connectivity index (χ3v) is 3.13. The number of methoxy groups -OCH3 is 1. The predicted molar refractivity (Wildman–Crippen MR) is 73.0 cm³/mol. The molecule has 21 heavy (non-hydrogen) atoms. The van der Waals surface area contributed by atoms with E-state index in [1.54, 1.807) is 35.3 Å². The van der Waals surface area contributed by atoms with Gasteiger partial charge in [-0.3, -0.25) is 4.79 Å². The lowest BCUT2D eigenvalue weighted by Gasteiger charge is -2.23. The molecule has 0 spiro atoms. The highest BCUT2D eigenvalue weighted by Crippen LogP contribution is 2.12. The van der Waals surface area contributed by atoms with Gasteiger partial charge < -0.3 is 18.7 Å². The first kappa shape index (κ1) is 15.2. The van der Waals surface area contributed by atoms with Crippen molar-refractivity contribution in [2.75, 3.05) is 13.7 Å². The van der Waals surface area contributed by atoms with E-state index < -0.39 is 0 Å². The number of carbonyl (C=O) groups excluding carboxylic acids is 1. The number of ether oxygens (including phenoxy) is 1. The Morgan fingerprint density at radius 3 is 3.00 bits per heavy atom. The Hall–Kier alpha value is -2.22. The number of hydrogen-bond acceptors (Lipinski definition) is 6. The summed E-state index contributed by atoms with van der Waals surface area (Å²) in [7, 11) is 1.56. The quantitative estimate of drug-likeness (QED) is 0.757. The molecule has 2 heterocycles. The van der Waals surface area contributed by atoms with E-state index in [0.29, 0.717) is 18.3 Å². The Kier molecular flexibility index (Phi) is 5.04. The lowest BCUT2D eigenvalue weighted by molar-refractivity contribution is -0.135. The molecule has 0 aliphatic heterocycles. The smallest absolute Gasteiger partial charge is 0.246 e. The molecular formula is C13H19N5O3. The summed E-state index contributed by atoms with van der Waals surface area (Å²) < 4.78 is 11.8. The van der Waals surface area contributed by atoms with Crippen LogP contribution in [0.15, 0.2) is 23.2 Å². The highest BCUT2D eigenvalue weighted by Gasteiger charge is 2.22. The minimum atomic E-state index is -0.325. The van der Waals surface area contributed by atoms with Gasteiger partial charge in [-0.2, -0.15) is 4.98 Å². The summed E-state index contributed by atoms with van der Waals surface area (Å²) in [6, 6.07) is -0.325. The van der Waals surface area contributed by atoms with Crippen molar-refractivity contribution < 1.29 is 14.1 Å². The second-order valence-electron chi connectivity index (χ2n) is 4.58. The van der Waals surface area contributed by atoms with Crippen LogP contribution in [-0.2, 0) is 22.7 Å². The number of likely N-dealkylation sites (N-methyl/N-ethyl adjacent to an activating group) is 1. The number of hydrogen-bond donors (Lipinski definition) is 0. The average Bonchev–Trinajstić information content (AvgIpc) is 3.15. The molecule has 1 amide bonds. The van der Waals surface area contributed by atoms with Gasteiger partial charge in [-0.25, -0.2) is 4.98 Å².